The first kappa shape index (κ1) is 7.10. The first-order valence-electron chi connectivity index (χ1n) is 4.32. The molecule has 2 aliphatic heterocycles. The van der Waals surface area contributed by atoms with Gasteiger partial charge in [0.15, 0.2) is 0 Å². The zero-order chi connectivity index (χ0) is 7.84. The van der Waals surface area contributed by atoms with Gasteiger partial charge in [0, 0.05) is 6.04 Å². The molecule has 0 spiro atoms. The number of carbonyl (C=O) groups is 1. The monoisotopic (exact) mass is 154 g/mol. The summed E-state index contributed by atoms with van der Waals surface area (Å²) < 4.78 is 0. The predicted molar refractivity (Wildman–Crippen MR) is 41.9 cm³/mol. The first-order valence-corrected chi connectivity index (χ1v) is 4.32. The zero-order valence-corrected chi connectivity index (χ0v) is 6.62. The highest BCUT2D eigenvalue weighted by atomic mass is 16.1. The number of carbonyl (C=O) groups excluding carboxylic acids is 1. The minimum Gasteiger partial charge on any atom is -0.369 e. The molecule has 0 aromatic rings. The van der Waals surface area contributed by atoms with E-state index in [0.29, 0.717) is 6.04 Å². The Bertz CT molecular complexity index is 181. The van der Waals surface area contributed by atoms with Gasteiger partial charge in [-0.2, -0.15) is 0 Å². The molecular weight excluding hydrogens is 140 g/mol. The molecule has 2 atom stereocenters. The lowest BCUT2D eigenvalue weighted by molar-refractivity contribution is -0.122. The predicted octanol–water partition coefficient (Wildman–Crippen LogP) is -0.0440. The SMILES string of the molecule is NC(=O)C1CCN2CCCC12. The Morgan fingerprint density at radius 2 is 2.18 bits per heavy atom. The first-order chi connectivity index (χ1) is 5.29. The van der Waals surface area contributed by atoms with Gasteiger partial charge in [0.25, 0.3) is 0 Å². The second kappa shape index (κ2) is 2.48. The summed E-state index contributed by atoms with van der Waals surface area (Å²) in [5, 5.41) is 0. The van der Waals surface area contributed by atoms with Gasteiger partial charge in [-0.25, -0.2) is 0 Å². The van der Waals surface area contributed by atoms with Crippen LogP contribution in [0.4, 0.5) is 0 Å². The maximum atomic E-state index is 10.9. The summed E-state index contributed by atoms with van der Waals surface area (Å²) in [5.41, 5.74) is 5.29. The van der Waals surface area contributed by atoms with Gasteiger partial charge in [0.2, 0.25) is 5.91 Å². The van der Waals surface area contributed by atoms with Crippen LogP contribution in [-0.4, -0.2) is 29.9 Å². The number of fused-ring (bicyclic) bond motifs is 1. The third kappa shape index (κ3) is 1.03. The van der Waals surface area contributed by atoms with Crippen molar-refractivity contribution in [1.82, 2.24) is 4.90 Å². The third-order valence-corrected chi connectivity index (χ3v) is 2.97. The Labute approximate surface area is 66.5 Å². The summed E-state index contributed by atoms with van der Waals surface area (Å²) in [6.45, 7) is 2.26. The van der Waals surface area contributed by atoms with Crippen molar-refractivity contribution in [2.24, 2.45) is 11.7 Å². The van der Waals surface area contributed by atoms with Crippen LogP contribution in [-0.2, 0) is 4.79 Å². The highest BCUT2D eigenvalue weighted by molar-refractivity contribution is 5.77. The Morgan fingerprint density at radius 1 is 1.36 bits per heavy atom. The van der Waals surface area contributed by atoms with Gasteiger partial charge in [-0.1, -0.05) is 0 Å². The van der Waals surface area contributed by atoms with Gasteiger partial charge in [-0.05, 0) is 32.4 Å². The number of rotatable bonds is 1. The maximum absolute atomic E-state index is 10.9. The van der Waals surface area contributed by atoms with Crippen molar-refractivity contribution < 1.29 is 4.79 Å². The number of hydrogen-bond acceptors (Lipinski definition) is 2. The molecule has 0 aliphatic carbocycles. The van der Waals surface area contributed by atoms with Crippen LogP contribution in [0.1, 0.15) is 19.3 Å². The zero-order valence-electron chi connectivity index (χ0n) is 6.62. The molecular formula is C8H14N2O. The van der Waals surface area contributed by atoms with E-state index in [1.807, 2.05) is 0 Å². The van der Waals surface area contributed by atoms with E-state index in [-0.39, 0.29) is 11.8 Å². The Balaban J connectivity index is 2.08. The molecule has 2 rings (SSSR count). The molecule has 2 N–H and O–H groups in total. The van der Waals surface area contributed by atoms with E-state index in [2.05, 4.69) is 4.90 Å². The molecule has 62 valence electrons. The summed E-state index contributed by atoms with van der Waals surface area (Å²) in [4.78, 5) is 13.3. The van der Waals surface area contributed by atoms with Crippen molar-refractivity contribution in [2.75, 3.05) is 13.1 Å². The normalized spacial score (nSPS) is 37.5. The molecule has 3 heteroatoms. The highest BCUT2D eigenvalue weighted by Gasteiger charge is 2.39. The number of nitrogens with zero attached hydrogens (tertiary/aromatic N) is 1. The Morgan fingerprint density at radius 3 is 2.91 bits per heavy atom. The molecule has 2 aliphatic rings. The van der Waals surface area contributed by atoms with Crippen LogP contribution in [0.5, 0.6) is 0 Å². The molecule has 2 fully saturated rings. The molecule has 11 heavy (non-hydrogen) atoms. The Hall–Kier alpha value is -0.570. The lowest BCUT2D eigenvalue weighted by atomic mass is 9.98. The Kier molecular flexibility index (Phi) is 1.60. The van der Waals surface area contributed by atoms with E-state index in [4.69, 9.17) is 5.73 Å². The molecule has 1 amide bonds. The molecule has 0 saturated carbocycles. The van der Waals surface area contributed by atoms with Crippen molar-refractivity contribution in [3.8, 4) is 0 Å². The fraction of sp³-hybridized carbons (Fsp3) is 0.875. The van der Waals surface area contributed by atoms with Crippen LogP contribution in [0.15, 0.2) is 0 Å². The van der Waals surface area contributed by atoms with Gasteiger partial charge < -0.3 is 5.73 Å². The summed E-state index contributed by atoms with van der Waals surface area (Å²) >= 11 is 0. The van der Waals surface area contributed by atoms with Crippen LogP contribution in [0.25, 0.3) is 0 Å². The van der Waals surface area contributed by atoms with Gasteiger partial charge in [0.05, 0.1) is 5.92 Å². The van der Waals surface area contributed by atoms with Gasteiger partial charge in [-0.15, -0.1) is 0 Å². The molecule has 2 saturated heterocycles. The van der Waals surface area contributed by atoms with E-state index in [1.165, 1.54) is 19.4 Å². The van der Waals surface area contributed by atoms with E-state index in [9.17, 15) is 4.79 Å². The molecule has 2 heterocycles. The van der Waals surface area contributed by atoms with Crippen molar-refractivity contribution in [3.63, 3.8) is 0 Å². The molecule has 3 nitrogen and oxygen atoms in total. The smallest absolute Gasteiger partial charge is 0.222 e. The van der Waals surface area contributed by atoms with E-state index < -0.39 is 0 Å². The number of primary amides is 1. The third-order valence-electron chi connectivity index (χ3n) is 2.97. The average Bonchev–Trinajstić information content (AvgIpc) is 2.41. The fourth-order valence-corrected chi connectivity index (χ4v) is 2.41. The lowest BCUT2D eigenvalue weighted by Crippen LogP contribution is -2.33. The largest absolute Gasteiger partial charge is 0.369 e. The number of nitrogens with two attached hydrogens (primary N) is 1. The maximum Gasteiger partial charge on any atom is 0.222 e. The lowest BCUT2D eigenvalue weighted by Gasteiger charge is -2.16. The molecule has 0 aromatic heterocycles. The number of amides is 1. The van der Waals surface area contributed by atoms with Crippen LogP contribution >= 0.6 is 0 Å². The van der Waals surface area contributed by atoms with Gasteiger partial charge >= 0.3 is 0 Å². The molecule has 2 unspecified atom stereocenters. The highest BCUT2D eigenvalue weighted by Crippen LogP contribution is 2.32. The van der Waals surface area contributed by atoms with Crippen LogP contribution in [0, 0.1) is 5.92 Å². The summed E-state index contributed by atoms with van der Waals surface area (Å²) in [5.74, 6) is 0.0527. The molecule has 0 aromatic carbocycles. The second-order valence-electron chi connectivity index (χ2n) is 3.54. The van der Waals surface area contributed by atoms with E-state index in [1.54, 1.807) is 0 Å². The minimum absolute atomic E-state index is 0.0978. The minimum atomic E-state index is -0.0978. The van der Waals surface area contributed by atoms with Crippen LogP contribution in [0.2, 0.25) is 0 Å². The number of hydrogen-bond donors (Lipinski definition) is 1. The topological polar surface area (TPSA) is 46.3 Å². The summed E-state index contributed by atoms with van der Waals surface area (Å²) in [6, 6.07) is 0.493. The van der Waals surface area contributed by atoms with E-state index in [0.717, 1.165) is 13.0 Å². The quantitative estimate of drug-likeness (QED) is 0.576. The molecule has 0 bridgehead atoms. The van der Waals surface area contributed by atoms with Crippen molar-refractivity contribution in [1.29, 1.82) is 0 Å². The molecule has 0 radical (unpaired) electrons. The standard InChI is InChI=1S/C8H14N2O/c9-8(11)6-3-5-10-4-1-2-7(6)10/h6-7H,1-5H2,(H2,9,11). The van der Waals surface area contributed by atoms with Crippen molar-refractivity contribution in [3.05, 3.63) is 0 Å². The van der Waals surface area contributed by atoms with Crippen LogP contribution in [0.3, 0.4) is 0 Å². The fourth-order valence-electron chi connectivity index (χ4n) is 2.41. The summed E-state index contributed by atoms with van der Waals surface area (Å²) in [7, 11) is 0. The van der Waals surface area contributed by atoms with E-state index >= 15 is 0 Å². The van der Waals surface area contributed by atoms with Gasteiger partial charge in [-0.3, -0.25) is 9.69 Å². The van der Waals surface area contributed by atoms with Crippen LogP contribution < -0.4 is 5.73 Å². The van der Waals surface area contributed by atoms with Crippen molar-refractivity contribution in [2.45, 2.75) is 25.3 Å². The second-order valence-corrected chi connectivity index (χ2v) is 3.54. The summed E-state index contributed by atoms with van der Waals surface area (Å²) in [6.07, 6.45) is 3.40. The average molecular weight is 154 g/mol. The van der Waals surface area contributed by atoms with Gasteiger partial charge in [0.1, 0.15) is 0 Å². The van der Waals surface area contributed by atoms with Crippen molar-refractivity contribution >= 4 is 5.91 Å².